The van der Waals surface area contributed by atoms with Crippen LogP contribution in [0.5, 0.6) is 0 Å². The highest BCUT2D eigenvalue weighted by Gasteiger charge is 2.10. The molecule has 3 aromatic rings. The molecule has 0 N–H and O–H groups in total. The molecule has 0 bridgehead atoms. The van der Waals surface area contributed by atoms with Gasteiger partial charge in [-0.15, -0.1) is 0 Å². The largest absolute Gasteiger partial charge is 0.0841 e. The van der Waals surface area contributed by atoms with E-state index in [1.807, 2.05) is 13.0 Å². The lowest BCUT2D eigenvalue weighted by Crippen LogP contribution is -1.96. The van der Waals surface area contributed by atoms with E-state index in [2.05, 4.69) is 70.5 Å². The number of halogens is 2. The fourth-order valence-electron chi connectivity index (χ4n) is 2.55. The van der Waals surface area contributed by atoms with Gasteiger partial charge in [0.05, 0.1) is 0 Å². The van der Waals surface area contributed by atoms with Gasteiger partial charge >= 0.3 is 0 Å². The second kappa shape index (κ2) is 6.21. The number of hydrogen-bond donors (Lipinski definition) is 0. The van der Waals surface area contributed by atoms with Crippen LogP contribution in [0.2, 0.25) is 5.02 Å². The number of fused-ring (bicyclic) bond motifs is 1. The molecule has 3 aromatic carbocycles. The van der Waals surface area contributed by atoms with Crippen molar-refractivity contribution in [3.63, 3.8) is 0 Å². The molecule has 1 unspecified atom stereocenters. The molecule has 0 amide bonds. The lowest BCUT2D eigenvalue weighted by atomic mass is 10.0. The highest BCUT2D eigenvalue weighted by molar-refractivity contribution is 9.09. The minimum absolute atomic E-state index is 0.301. The smallest absolute Gasteiger partial charge is 0.0435 e. The minimum atomic E-state index is 0.301. The van der Waals surface area contributed by atoms with Crippen LogP contribution in [0.4, 0.5) is 0 Å². The van der Waals surface area contributed by atoms with Gasteiger partial charge in [0.1, 0.15) is 0 Å². The van der Waals surface area contributed by atoms with Crippen molar-refractivity contribution in [2.24, 2.45) is 0 Å². The average Bonchev–Trinajstić information content (AvgIpc) is 2.50. The molecule has 0 fully saturated rings. The van der Waals surface area contributed by atoms with Crippen molar-refractivity contribution in [1.82, 2.24) is 0 Å². The number of hydrogen-bond acceptors (Lipinski definition) is 0. The Bertz CT molecular complexity index is 779. The molecule has 106 valence electrons. The lowest BCUT2D eigenvalue weighted by Gasteiger charge is -2.12. The van der Waals surface area contributed by atoms with Gasteiger partial charge in [-0.2, -0.15) is 0 Å². The van der Waals surface area contributed by atoms with E-state index in [-0.39, 0.29) is 0 Å². The summed E-state index contributed by atoms with van der Waals surface area (Å²) in [6.07, 6.45) is 0.964. The van der Waals surface area contributed by atoms with E-state index < -0.39 is 0 Å². The van der Waals surface area contributed by atoms with Crippen LogP contribution in [0.3, 0.4) is 0 Å². The van der Waals surface area contributed by atoms with E-state index in [9.17, 15) is 0 Å². The molecule has 2 heteroatoms. The van der Waals surface area contributed by atoms with Crippen molar-refractivity contribution in [3.05, 3.63) is 82.4 Å². The zero-order valence-electron chi connectivity index (χ0n) is 11.8. The Morgan fingerprint density at radius 3 is 2.48 bits per heavy atom. The Morgan fingerprint density at radius 1 is 0.952 bits per heavy atom. The summed E-state index contributed by atoms with van der Waals surface area (Å²) in [7, 11) is 0. The molecular formula is C19H16BrCl. The summed E-state index contributed by atoms with van der Waals surface area (Å²) in [5.41, 5.74) is 3.73. The average molecular weight is 360 g/mol. The lowest BCUT2D eigenvalue weighted by molar-refractivity contribution is 0.949. The monoisotopic (exact) mass is 358 g/mol. The van der Waals surface area contributed by atoms with E-state index >= 15 is 0 Å². The second-order valence-corrected chi connectivity index (χ2v) is 6.87. The van der Waals surface area contributed by atoms with Gasteiger partial charge in [-0.25, -0.2) is 0 Å². The SMILES string of the molecule is Cc1cc(C(Br)Cc2ccc3ccccc3c2)ccc1Cl. The van der Waals surface area contributed by atoms with Crippen LogP contribution < -0.4 is 0 Å². The van der Waals surface area contributed by atoms with E-state index in [0.29, 0.717) is 4.83 Å². The molecule has 0 nitrogen and oxygen atoms in total. The predicted molar refractivity (Wildman–Crippen MR) is 95.5 cm³/mol. The van der Waals surface area contributed by atoms with Gasteiger partial charge in [0.15, 0.2) is 0 Å². The first kappa shape index (κ1) is 14.6. The fraction of sp³-hybridized carbons (Fsp3) is 0.158. The first-order chi connectivity index (χ1) is 10.1. The normalized spacial score (nSPS) is 12.5. The zero-order chi connectivity index (χ0) is 14.8. The van der Waals surface area contributed by atoms with Crippen LogP contribution >= 0.6 is 27.5 Å². The molecule has 0 saturated carbocycles. The van der Waals surface area contributed by atoms with Gasteiger partial charge < -0.3 is 0 Å². The minimum Gasteiger partial charge on any atom is -0.0841 e. The first-order valence-corrected chi connectivity index (χ1v) is 8.30. The maximum atomic E-state index is 6.10. The first-order valence-electron chi connectivity index (χ1n) is 7.01. The number of rotatable bonds is 3. The Balaban J connectivity index is 1.85. The van der Waals surface area contributed by atoms with E-state index in [4.69, 9.17) is 11.6 Å². The van der Waals surface area contributed by atoms with Crippen molar-refractivity contribution in [2.75, 3.05) is 0 Å². The van der Waals surface area contributed by atoms with Crippen LogP contribution in [-0.2, 0) is 6.42 Å². The highest BCUT2D eigenvalue weighted by atomic mass is 79.9. The standard InChI is InChI=1S/C19H16BrCl/c1-13-10-17(8-9-19(13)21)18(20)12-14-6-7-15-4-2-3-5-16(15)11-14/h2-11,18H,12H2,1H3. The molecule has 0 aliphatic heterocycles. The third-order valence-electron chi connectivity index (χ3n) is 3.77. The summed E-state index contributed by atoms with van der Waals surface area (Å²) in [5.74, 6) is 0. The Kier molecular flexibility index (Phi) is 4.32. The second-order valence-electron chi connectivity index (χ2n) is 5.36. The van der Waals surface area contributed by atoms with E-state index in [1.54, 1.807) is 0 Å². The van der Waals surface area contributed by atoms with Crippen molar-refractivity contribution in [3.8, 4) is 0 Å². The van der Waals surface area contributed by atoms with Crippen LogP contribution in [0.15, 0.2) is 60.7 Å². The molecular weight excluding hydrogens is 344 g/mol. The molecule has 0 aliphatic carbocycles. The number of alkyl halides is 1. The predicted octanol–water partition coefficient (Wildman–Crippen LogP) is 6.48. The molecule has 0 saturated heterocycles. The van der Waals surface area contributed by atoms with Crippen molar-refractivity contribution in [1.29, 1.82) is 0 Å². The van der Waals surface area contributed by atoms with Crippen LogP contribution in [0.25, 0.3) is 10.8 Å². The summed E-state index contributed by atoms with van der Waals surface area (Å²) < 4.78 is 0. The van der Waals surface area contributed by atoms with E-state index in [1.165, 1.54) is 21.9 Å². The van der Waals surface area contributed by atoms with E-state index in [0.717, 1.165) is 17.0 Å². The van der Waals surface area contributed by atoms with Gasteiger partial charge in [0.2, 0.25) is 0 Å². The molecule has 0 aromatic heterocycles. The maximum absolute atomic E-state index is 6.10. The summed E-state index contributed by atoms with van der Waals surface area (Å²) in [6, 6.07) is 21.4. The van der Waals surface area contributed by atoms with Gasteiger partial charge in [-0.3, -0.25) is 0 Å². The Hall–Kier alpha value is -1.31. The van der Waals surface area contributed by atoms with Gasteiger partial charge in [0, 0.05) is 9.85 Å². The Labute approximate surface area is 138 Å². The van der Waals surface area contributed by atoms with Gasteiger partial charge in [-0.05, 0) is 46.9 Å². The van der Waals surface area contributed by atoms with Gasteiger partial charge in [-0.1, -0.05) is 82.1 Å². The van der Waals surface area contributed by atoms with Gasteiger partial charge in [0.25, 0.3) is 0 Å². The number of aryl methyl sites for hydroxylation is 1. The van der Waals surface area contributed by atoms with Crippen LogP contribution in [-0.4, -0.2) is 0 Å². The molecule has 0 heterocycles. The summed E-state index contributed by atoms with van der Waals surface area (Å²) >= 11 is 9.90. The van der Waals surface area contributed by atoms with Crippen molar-refractivity contribution in [2.45, 2.75) is 18.2 Å². The molecule has 3 rings (SSSR count). The molecule has 0 radical (unpaired) electrons. The quantitative estimate of drug-likeness (QED) is 0.469. The molecule has 0 aliphatic rings. The Morgan fingerprint density at radius 2 is 1.71 bits per heavy atom. The third kappa shape index (κ3) is 3.30. The van der Waals surface area contributed by atoms with Crippen LogP contribution in [0, 0.1) is 6.92 Å². The van der Waals surface area contributed by atoms with Crippen LogP contribution in [0.1, 0.15) is 21.5 Å². The maximum Gasteiger partial charge on any atom is 0.0435 e. The van der Waals surface area contributed by atoms with Crippen molar-refractivity contribution >= 4 is 38.3 Å². The summed E-state index contributed by atoms with van der Waals surface area (Å²) in [5, 5.41) is 3.40. The third-order valence-corrected chi connectivity index (χ3v) is 5.05. The summed E-state index contributed by atoms with van der Waals surface area (Å²) in [6.45, 7) is 2.04. The number of benzene rings is 3. The molecule has 0 spiro atoms. The fourth-order valence-corrected chi connectivity index (χ4v) is 3.33. The topological polar surface area (TPSA) is 0 Å². The highest BCUT2D eigenvalue weighted by Crippen LogP contribution is 2.30. The summed E-state index contributed by atoms with van der Waals surface area (Å²) in [4.78, 5) is 0.301. The zero-order valence-corrected chi connectivity index (χ0v) is 14.2. The van der Waals surface area contributed by atoms with Crippen molar-refractivity contribution < 1.29 is 0 Å². The molecule has 21 heavy (non-hydrogen) atoms. The molecule has 1 atom stereocenters.